The highest BCUT2D eigenvalue weighted by Gasteiger charge is 2.31. The lowest BCUT2D eigenvalue weighted by Crippen LogP contribution is -2.43. The van der Waals surface area contributed by atoms with Crippen molar-refractivity contribution in [3.63, 3.8) is 0 Å². The maximum atomic E-state index is 12.1. The van der Waals surface area contributed by atoms with Crippen LogP contribution >= 0.6 is 11.6 Å². The van der Waals surface area contributed by atoms with E-state index in [4.69, 9.17) is 11.6 Å². The van der Waals surface area contributed by atoms with E-state index in [-0.39, 0.29) is 11.3 Å². The van der Waals surface area contributed by atoms with Crippen LogP contribution in [0.4, 0.5) is 5.82 Å². The Morgan fingerprint density at radius 2 is 2.04 bits per heavy atom. The van der Waals surface area contributed by atoms with E-state index in [1.807, 2.05) is 12.1 Å². The molecule has 1 aliphatic heterocycles. The van der Waals surface area contributed by atoms with Gasteiger partial charge in [-0.1, -0.05) is 31.5 Å². The van der Waals surface area contributed by atoms with Gasteiger partial charge in [0.1, 0.15) is 0 Å². The summed E-state index contributed by atoms with van der Waals surface area (Å²) in [5, 5.41) is 7.36. The summed E-state index contributed by atoms with van der Waals surface area (Å²) in [4.78, 5) is 26.9. The fourth-order valence-electron chi connectivity index (χ4n) is 2.83. The molecule has 0 unspecified atom stereocenters. The second-order valence-electron chi connectivity index (χ2n) is 6.45. The summed E-state index contributed by atoms with van der Waals surface area (Å²) in [6, 6.07) is 7.34. The lowest BCUT2D eigenvalue weighted by Gasteiger charge is -2.33. The molecule has 0 fully saturated rings. The van der Waals surface area contributed by atoms with E-state index in [9.17, 15) is 9.70 Å². The minimum atomic E-state index is -0.178. The molecule has 1 aromatic carbocycles. The van der Waals surface area contributed by atoms with Crippen molar-refractivity contribution < 1.29 is 4.79 Å². The molecule has 7 heteroatoms. The lowest BCUT2D eigenvalue weighted by atomic mass is 9.78. The van der Waals surface area contributed by atoms with Gasteiger partial charge in [0.15, 0.2) is 5.82 Å². The highest BCUT2D eigenvalue weighted by atomic mass is 35.5. The minimum Gasteiger partial charge on any atom is -0.351 e. The summed E-state index contributed by atoms with van der Waals surface area (Å²) in [6.45, 7) is 4.74. The molecule has 1 aliphatic rings. The van der Waals surface area contributed by atoms with Crippen molar-refractivity contribution in [2.24, 2.45) is 5.29 Å². The largest absolute Gasteiger partial charge is 0.351 e. The molecular weight excluding hydrogens is 328 g/mol. The Hall–Kier alpha value is -2.47. The quantitative estimate of drug-likeness (QED) is 0.682. The third-order valence-electron chi connectivity index (χ3n) is 4.29. The molecule has 0 saturated carbocycles. The van der Waals surface area contributed by atoms with E-state index >= 15 is 0 Å². The zero-order chi connectivity index (χ0) is 17.5. The summed E-state index contributed by atoms with van der Waals surface area (Å²) in [5.74, 6) is 0.335. The minimum absolute atomic E-state index is 0.0673. The molecule has 2 heterocycles. The second-order valence-corrected chi connectivity index (χ2v) is 6.86. The molecule has 0 saturated heterocycles. The van der Waals surface area contributed by atoms with E-state index in [2.05, 4.69) is 29.4 Å². The Balaban J connectivity index is 2.15. The zero-order valence-corrected chi connectivity index (χ0v) is 14.4. The van der Waals surface area contributed by atoms with Gasteiger partial charge < -0.3 is 5.32 Å². The van der Waals surface area contributed by atoms with Crippen LogP contribution < -0.4 is 10.3 Å². The first-order chi connectivity index (χ1) is 11.3. The summed E-state index contributed by atoms with van der Waals surface area (Å²) in [6.07, 6.45) is 1.49. The van der Waals surface area contributed by atoms with Gasteiger partial charge in [0.2, 0.25) is 0 Å². The first kappa shape index (κ1) is 16.4. The first-order valence-corrected chi connectivity index (χ1v) is 7.87. The lowest BCUT2D eigenvalue weighted by molar-refractivity contribution is 0.0930. The van der Waals surface area contributed by atoms with Gasteiger partial charge in [-0.3, -0.25) is 4.79 Å². The van der Waals surface area contributed by atoms with Crippen LogP contribution in [0.25, 0.3) is 11.1 Å². The Kier molecular flexibility index (Phi) is 4.01. The summed E-state index contributed by atoms with van der Waals surface area (Å²) < 4.78 is 0. The number of pyridine rings is 1. The smallest absolute Gasteiger partial charge is 0.251 e. The molecule has 0 aliphatic carbocycles. The number of rotatable bonds is 3. The number of carbonyl (C=O) groups is 1. The fraction of sp³-hybridized carbons (Fsp3) is 0.294. The number of amides is 1. The van der Waals surface area contributed by atoms with Gasteiger partial charge in [0, 0.05) is 36.3 Å². The number of nitroso groups, excluding NO2 is 1. The van der Waals surface area contributed by atoms with Gasteiger partial charge >= 0.3 is 0 Å². The van der Waals surface area contributed by atoms with Gasteiger partial charge in [-0.15, -0.1) is 4.91 Å². The normalized spacial score (nSPS) is 15.4. The Morgan fingerprint density at radius 1 is 1.29 bits per heavy atom. The number of nitrogens with one attached hydrogen (secondary N) is 1. The third kappa shape index (κ3) is 2.73. The van der Waals surface area contributed by atoms with Crippen molar-refractivity contribution in [1.29, 1.82) is 0 Å². The molecular formula is C17H17ClN4O2. The maximum absolute atomic E-state index is 12.1. The van der Waals surface area contributed by atoms with Crippen LogP contribution in [0.15, 0.2) is 35.7 Å². The van der Waals surface area contributed by atoms with Crippen LogP contribution in [0.5, 0.6) is 0 Å². The van der Waals surface area contributed by atoms with Gasteiger partial charge in [-0.25, -0.2) is 9.99 Å². The van der Waals surface area contributed by atoms with Gasteiger partial charge in [0.05, 0.1) is 10.3 Å². The second kappa shape index (κ2) is 5.87. The van der Waals surface area contributed by atoms with Crippen molar-refractivity contribution in [2.45, 2.75) is 19.3 Å². The summed E-state index contributed by atoms with van der Waals surface area (Å²) in [7, 11) is 1.52. The number of benzene rings is 1. The number of nitrogens with zero attached hydrogens (tertiary/aromatic N) is 3. The molecule has 0 spiro atoms. The molecule has 0 bridgehead atoms. The zero-order valence-electron chi connectivity index (χ0n) is 13.6. The molecule has 124 valence electrons. The maximum Gasteiger partial charge on any atom is 0.251 e. The van der Waals surface area contributed by atoms with Gasteiger partial charge in [-0.2, -0.15) is 0 Å². The standard InChI is InChI=1S/C17H17ClN4O2/c1-17(2)9-20-16(23)11-5-4-10(6-13(11)17)12-7-15(22(3)21-24)19-8-14(12)18/h4-8H,9H2,1-3H3,(H,20,23). The number of fused-ring (bicyclic) bond motifs is 1. The SMILES string of the molecule is CN(N=O)c1cc(-c2ccc3c(c2)C(C)(C)CNC3=O)c(Cl)cn1. The van der Waals surface area contributed by atoms with E-state index in [0.29, 0.717) is 22.9 Å². The van der Waals surface area contributed by atoms with Crippen molar-refractivity contribution in [3.8, 4) is 11.1 Å². The number of anilines is 1. The molecule has 1 aromatic heterocycles. The first-order valence-electron chi connectivity index (χ1n) is 7.49. The molecule has 0 atom stereocenters. The predicted octanol–water partition coefficient (Wildman–Crippen LogP) is 3.54. The highest BCUT2D eigenvalue weighted by Crippen LogP contribution is 2.36. The van der Waals surface area contributed by atoms with Gasteiger partial charge in [0.25, 0.3) is 5.91 Å². The number of hydrogen-bond donors (Lipinski definition) is 1. The predicted molar refractivity (Wildman–Crippen MR) is 94.2 cm³/mol. The van der Waals surface area contributed by atoms with Crippen molar-refractivity contribution in [1.82, 2.24) is 10.3 Å². The van der Waals surface area contributed by atoms with Crippen LogP contribution in [0, 0.1) is 4.91 Å². The van der Waals surface area contributed by atoms with Gasteiger partial charge in [-0.05, 0) is 29.3 Å². The molecule has 3 rings (SSSR count). The Labute approximate surface area is 144 Å². The fourth-order valence-corrected chi connectivity index (χ4v) is 3.04. The average molecular weight is 345 g/mol. The number of aromatic nitrogens is 1. The number of carbonyl (C=O) groups excluding carboxylic acids is 1. The van der Waals surface area contributed by atoms with Crippen LogP contribution in [-0.2, 0) is 5.41 Å². The highest BCUT2D eigenvalue weighted by molar-refractivity contribution is 6.33. The van der Waals surface area contributed by atoms with Crippen LogP contribution in [0.2, 0.25) is 5.02 Å². The molecule has 24 heavy (non-hydrogen) atoms. The van der Waals surface area contributed by atoms with E-state index in [0.717, 1.165) is 21.7 Å². The monoisotopic (exact) mass is 344 g/mol. The molecule has 0 radical (unpaired) electrons. The Bertz CT molecular complexity index is 835. The van der Waals surface area contributed by atoms with Crippen molar-refractivity contribution in [2.75, 3.05) is 18.6 Å². The van der Waals surface area contributed by atoms with Crippen molar-refractivity contribution in [3.05, 3.63) is 51.5 Å². The van der Waals surface area contributed by atoms with Crippen LogP contribution in [0.3, 0.4) is 0 Å². The topological polar surface area (TPSA) is 74.7 Å². The van der Waals surface area contributed by atoms with Crippen molar-refractivity contribution >= 4 is 23.3 Å². The Morgan fingerprint density at radius 3 is 2.75 bits per heavy atom. The van der Waals surface area contributed by atoms with E-state index in [1.165, 1.54) is 13.2 Å². The van der Waals surface area contributed by atoms with Crippen LogP contribution in [-0.4, -0.2) is 24.5 Å². The molecule has 2 aromatic rings. The van der Waals surface area contributed by atoms with E-state index in [1.54, 1.807) is 12.1 Å². The van der Waals surface area contributed by atoms with E-state index < -0.39 is 0 Å². The average Bonchev–Trinajstić information content (AvgIpc) is 2.58. The molecule has 6 nitrogen and oxygen atoms in total. The summed E-state index contributed by atoms with van der Waals surface area (Å²) >= 11 is 6.29. The van der Waals surface area contributed by atoms with Crippen LogP contribution in [0.1, 0.15) is 29.8 Å². The molecule has 1 N–H and O–H groups in total. The third-order valence-corrected chi connectivity index (χ3v) is 4.59. The number of halogens is 1. The number of hydrogen-bond acceptors (Lipinski definition) is 4. The summed E-state index contributed by atoms with van der Waals surface area (Å²) in [5.41, 5.74) is 3.07. The molecule has 1 amide bonds.